The van der Waals surface area contributed by atoms with E-state index in [4.69, 9.17) is 4.74 Å². The van der Waals surface area contributed by atoms with Crippen molar-refractivity contribution in [2.24, 2.45) is 0 Å². The van der Waals surface area contributed by atoms with Crippen LogP contribution in [0.25, 0.3) is 10.9 Å². The van der Waals surface area contributed by atoms with Crippen LogP contribution in [0.4, 0.5) is 0 Å². The van der Waals surface area contributed by atoms with Gasteiger partial charge in [0.1, 0.15) is 5.56 Å². The van der Waals surface area contributed by atoms with Gasteiger partial charge >= 0.3 is 5.97 Å². The fourth-order valence-electron chi connectivity index (χ4n) is 2.32. The van der Waals surface area contributed by atoms with Crippen LogP contribution < -0.4 is 5.56 Å². The first-order chi connectivity index (χ1) is 9.11. The Morgan fingerprint density at radius 3 is 2.58 bits per heavy atom. The Bertz CT molecular complexity index is 686. The fourth-order valence-corrected chi connectivity index (χ4v) is 2.32. The van der Waals surface area contributed by atoms with E-state index in [2.05, 4.69) is 0 Å². The lowest BCUT2D eigenvalue weighted by Gasteiger charge is -2.13. The molecule has 4 nitrogen and oxygen atoms in total. The summed E-state index contributed by atoms with van der Waals surface area (Å²) in [4.78, 5) is 24.4. The third kappa shape index (κ3) is 2.14. The summed E-state index contributed by atoms with van der Waals surface area (Å²) in [6.07, 6.45) is 0. The fraction of sp³-hybridized carbons (Fsp3) is 0.333. The molecule has 4 heteroatoms. The van der Waals surface area contributed by atoms with Crippen molar-refractivity contribution < 1.29 is 9.53 Å². The van der Waals surface area contributed by atoms with Crippen molar-refractivity contribution in [3.05, 3.63) is 45.7 Å². The lowest BCUT2D eigenvalue weighted by molar-refractivity contribution is 0.0523. The van der Waals surface area contributed by atoms with Gasteiger partial charge in [0.2, 0.25) is 0 Å². The Kier molecular flexibility index (Phi) is 3.69. The number of hydrogen-bond acceptors (Lipinski definition) is 3. The molecule has 0 aliphatic rings. The molecule has 0 radical (unpaired) electrons. The van der Waals surface area contributed by atoms with Crippen molar-refractivity contribution >= 4 is 16.9 Å². The normalized spacial score (nSPS) is 10.7. The van der Waals surface area contributed by atoms with Crippen LogP contribution in [0.15, 0.2) is 29.1 Å². The molecule has 0 aliphatic carbocycles. The zero-order chi connectivity index (χ0) is 14.0. The van der Waals surface area contributed by atoms with Gasteiger partial charge in [-0.05, 0) is 32.4 Å². The Morgan fingerprint density at radius 2 is 1.95 bits per heavy atom. The summed E-state index contributed by atoms with van der Waals surface area (Å²) in [7, 11) is 0. The number of carbonyl (C=O) groups excluding carboxylic acids is 1. The second kappa shape index (κ2) is 5.26. The molecule has 0 saturated heterocycles. The lowest BCUT2D eigenvalue weighted by atomic mass is 10.0. The third-order valence-electron chi connectivity index (χ3n) is 3.23. The van der Waals surface area contributed by atoms with E-state index in [9.17, 15) is 9.59 Å². The number of fused-ring (bicyclic) bond motifs is 1. The molecular formula is C15H17NO3. The Hall–Kier alpha value is -2.10. The maximum atomic E-state index is 12.4. The topological polar surface area (TPSA) is 48.3 Å². The van der Waals surface area contributed by atoms with E-state index >= 15 is 0 Å². The average molecular weight is 259 g/mol. The SMILES string of the molecule is CCOC(=O)c1c(C)c2ccccc2n(CC)c1=O. The smallest absolute Gasteiger partial charge is 0.344 e. The molecule has 0 fully saturated rings. The van der Waals surface area contributed by atoms with Gasteiger partial charge in [-0.2, -0.15) is 0 Å². The van der Waals surface area contributed by atoms with E-state index in [-0.39, 0.29) is 17.7 Å². The van der Waals surface area contributed by atoms with Gasteiger partial charge in [-0.15, -0.1) is 0 Å². The molecule has 0 aliphatic heterocycles. The monoisotopic (exact) mass is 259 g/mol. The first kappa shape index (κ1) is 13.3. The summed E-state index contributed by atoms with van der Waals surface area (Å²) in [6, 6.07) is 7.59. The second-order valence-corrected chi connectivity index (χ2v) is 4.29. The molecule has 0 spiro atoms. The highest BCUT2D eigenvalue weighted by Crippen LogP contribution is 2.19. The number of nitrogens with zero attached hydrogens (tertiary/aromatic N) is 1. The maximum Gasteiger partial charge on any atom is 0.344 e. The minimum Gasteiger partial charge on any atom is -0.462 e. The molecule has 0 atom stereocenters. The largest absolute Gasteiger partial charge is 0.462 e. The predicted molar refractivity (Wildman–Crippen MR) is 74.6 cm³/mol. The van der Waals surface area contributed by atoms with Crippen molar-refractivity contribution in [3.8, 4) is 0 Å². The number of benzene rings is 1. The van der Waals surface area contributed by atoms with E-state index in [1.54, 1.807) is 18.4 Å². The van der Waals surface area contributed by atoms with Crippen molar-refractivity contribution in [2.45, 2.75) is 27.3 Å². The summed E-state index contributed by atoms with van der Waals surface area (Å²) >= 11 is 0. The summed E-state index contributed by atoms with van der Waals surface area (Å²) in [5.74, 6) is -0.544. The van der Waals surface area contributed by atoms with Gasteiger partial charge in [0.15, 0.2) is 0 Å². The number of pyridine rings is 1. The van der Waals surface area contributed by atoms with Gasteiger partial charge in [0.25, 0.3) is 5.56 Å². The third-order valence-corrected chi connectivity index (χ3v) is 3.23. The van der Waals surface area contributed by atoms with Gasteiger partial charge < -0.3 is 9.30 Å². The van der Waals surface area contributed by atoms with Crippen molar-refractivity contribution in [3.63, 3.8) is 0 Å². The molecule has 0 N–H and O–H groups in total. The number of rotatable bonds is 3. The molecule has 0 bridgehead atoms. The molecule has 1 heterocycles. The first-order valence-electron chi connectivity index (χ1n) is 6.41. The zero-order valence-electron chi connectivity index (χ0n) is 11.4. The Labute approximate surface area is 111 Å². The van der Waals surface area contributed by atoms with Crippen LogP contribution in [0.1, 0.15) is 29.8 Å². The lowest BCUT2D eigenvalue weighted by Crippen LogP contribution is -2.28. The highest BCUT2D eigenvalue weighted by atomic mass is 16.5. The molecular weight excluding hydrogens is 242 g/mol. The van der Waals surface area contributed by atoms with Gasteiger partial charge in [0.05, 0.1) is 12.1 Å². The van der Waals surface area contributed by atoms with Crippen molar-refractivity contribution in [2.75, 3.05) is 6.61 Å². The maximum absolute atomic E-state index is 12.4. The van der Waals surface area contributed by atoms with E-state index in [1.807, 2.05) is 31.2 Å². The minimum absolute atomic E-state index is 0.141. The minimum atomic E-state index is -0.544. The summed E-state index contributed by atoms with van der Waals surface area (Å²) < 4.78 is 6.59. The van der Waals surface area contributed by atoms with Crippen molar-refractivity contribution in [1.29, 1.82) is 0 Å². The Morgan fingerprint density at radius 1 is 1.26 bits per heavy atom. The summed E-state index contributed by atoms with van der Waals surface area (Å²) in [5.41, 5.74) is 1.39. The van der Waals surface area contributed by atoms with Crippen LogP contribution >= 0.6 is 0 Å². The molecule has 1 aromatic carbocycles. The predicted octanol–water partition coefficient (Wildman–Crippen LogP) is 2.51. The zero-order valence-corrected chi connectivity index (χ0v) is 11.4. The van der Waals surface area contributed by atoms with Crippen LogP contribution in [0.5, 0.6) is 0 Å². The van der Waals surface area contributed by atoms with Crippen LogP contribution in [0.2, 0.25) is 0 Å². The standard InChI is InChI=1S/C15H17NO3/c1-4-16-12-9-7-6-8-11(12)10(3)13(14(16)17)15(18)19-5-2/h6-9H,4-5H2,1-3H3. The number of esters is 1. The van der Waals surface area contributed by atoms with Crippen LogP contribution in [-0.4, -0.2) is 17.1 Å². The van der Waals surface area contributed by atoms with Gasteiger partial charge in [-0.1, -0.05) is 18.2 Å². The van der Waals surface area contributed by atoms with Crippen molar-refractivity contribution in [1.82, 2.24) is 4.57 Å². The molecule has 0 saturated carbocycles. The molecule has 19 heavy (non-hydrogen) atoms. The second-order valence-electron chi connectivity index (χ2n) is 4.29. The van der Waals surface area contributed by atoms with Crippen LogP contribution in [0, 0.1) is 6.92 Å². The Balaban J connectivity index is 2.85. The van der Waals surface area contributed by atoms with Gasteiger partial charge in [0, 0.05) is 11.9 Å². The highest BCUT2D eigenvalue weighted by molar-refractivity contribution is 5.97. The van der Waals surface area contributed by atoms with E-state index in [0.29, 0.717) is 12.1 Å². The first-order valence-corrected chi connectivity index (χ1v) is 6.41. The molecule has 2 aromatic rings. The van der Waals surface area contributed by atoms with Gasteiger partial charge in [-0.3, -0.25) is 4.79 Å². The molecule has 2 rings (SSSR count). The number of aromatic nitrogens is 1. The molecule has 1 aromatic heterocycles. The van der Waals surface area contributed by atoms with E-state index < -0.39 is 5.97 Å². The average Bonchev–Trinajstić information content (AvgIpc) is 2.40. The molecule has 0 amide bonds. The quantitative estimate of drug-likeness (QED) is 0.796. The number of hydrogen-bond donors (Lipinski definition) is 0. The molecule has 100 valence electrons. The summed E-state index contributed by atoms with van der Waals surface area (Å²) in [5, 5.41) is 0.909. The number of carbonyl (C=O) groups is 1. The number of aryl methyl sites for hydroxylation is 2. The highest BCUT2D eigenvalue weighted by Gasteiger charge is 2.19. The summed E-state index contributed by atoms with van der Waals surface area (Å²) in [6.45, 7) is 6.18. The molecule has 0 unspecified atom stereocenters. The van der Waals surface area contributed by atoms with Crippen LogP contribution in [0.3, 0.4) is 0 Å². The number of para-hydroxylation sites is 1. The van der Waals surface area contributed by atoms with Crippen LogP contribution in [-0.2, 0) is 11.3 Å². The number of ether oxygens (including phenoxy) is 1. The van der Waals surface area contributed by atoms with Gasteiger partial charge in [-0.25, -0.2) is 4.79 Å². The van der Waals surface area contributed by atoms with E-state index in [0.717, 1.165) is 10.9 Å². The van der Waals surface area contributed by atoms with E-state index in [1.165, 1.54) is 0 Å².